The zero-order valence-electron chi connectivity index (χ0n) is 22.8. The molecule has 0 bridgehead atoms. The van der Waals surface area contributed by atoms with Crippen LogP contribution in [0.3, 0.4) is 0 Å². The number of benzene rings is 2. The Balaban J connectivity index is 1.24. The summed E-state index contributed by atoms with van der Waals surface area (Å²) < 4.78 is 30.8. The van der Waals surface area contributed by atoms with Gasteiger partial charge in [-0.05, 0) is 74.3 Å². The number of fused-ring (bicyclic) bond motifs is 1. The van der Waals surface area contributed by atoms with Crippen molar-refractivity contribution in [3.05, 3.63) is 71.8 Å². The van der Waals surface area contributed by atoms with Gasteiger partial charge in [-0.2, -0.15) is 0 Å². The number of aromatic nitrogens is 2. The Morgan fingerprint density at radius 3 is 2.43 bits per heavy atom. The number of methoxy groups -OCH3 is 1. The second-order valence-electron chi connectivity index (χ2n) is 9.73. The molecule has 3 heterocycles. The van der Waals surface area contributed by atoms with Crippen LogP contribution in [0.1, 0.15) is 19.3 Å². The minimum atomic E-state index is -0.577. The number of carbonyl (C=O) groups excluding carboxylic acids is 2. The lowest BCUT2D eigenvalue weighted by Crippen LogP contribution is -2.30. The molecule has 0 saturated carbocycles. The van der Waals surface area contributed by atoms with Crippen molar-refractivity contribution in [2.45, 2.75) is 19.3 Å². The number of anilines is 2. The fraction of sp³-hybridized carbons (Fsp3) is 0.267. The van der Waals surface area contributed by atoms with Crippen LogP contribution in [0.25, 0.3) is 10.9 Å². The number of nitrogens with one attached hydrogen (secondary N) is 3. The number of carbonyl (C=O) groups is 2. The first-order chi connectivity index (χ1) is 20.4. The van der Waals surface area contributed by atoms with E-state index in [4.69, 9.17) is 25.8 Å². The van der Waals surface area contributed by atoms with Gasteiger partial charge in [-0.3, -0.25) is 14.6 Å². The van der Waals surface area contributed by atoms with E-state index in [1.54, 1.807) is 25.4 Å². The Morgan fingerprint density at radius 2 is 1.71 bits per heavy atom. The number of pyridine rings is 2. The number of nitrogens with zero attached hydrogens (tertiary/aromatic N) is 2. The predicted octanol–water partition coefficient (Wildman–Crippen LogP) is 5.57. The van der Waals surface area contributed by atoms with Gasteiger partial charge < -0.3 is 30.2 Å². The predicted molar refractivity (Wildman–Crippen MR) is 157 cm³/mol. The van der Waals surface area contributed by atoms with E-state index >= 15 is 0 Å². The molecule has 2 aromatic carbocycles. The summed E-state index contributed by atoms with van der Waals surface area (Å²) in [6.07, 6.45) is 4.65. The van der Waals surface area contributed by atoms with Crippen molar-refractivity contribution in [2.75, 3.05) is 37.4 Å². The summed E-state index contributed by atoms with van der Waals surface area (Å²) in [5.74, 6) is 0.638. The molecule has 1 aliphatic heterocycles. The van der Waals surface area contributed by atoms with Gasteiger partial charge >= 0.3 is 0 Å². The number of hydrogen-bond acceptors (Lipinski definition) is 8. The van der Waals surface area contributed by atoms with Crippen LogP contribution in [0, 0.1) is 11.7 Å². The number of rotatable bonds is 10. The maximum absolute atomic E-state index is 13.0. The first-order valence-corrected chi connectivity index (χ1v) is 13.7. The monoisotopic (exact) mass is 593 g/mol. The van der Waals surface area contributed by atoms with Crippen LogP contribution in [0.4, 0.5) is 15.8 Å². The Hall–Kier alpha value is -4.48. The van der Waals surface area contributed by atoms with Crippen LogP contribution < -0.4 is 30.2 Å². The van der Waals surface area contributed by atoms with E-state index in [9.17, 15) is 14.0 Å². The molecule has 1 aliphatic rings. The minimum absolute atomic E-state index is 0.112. The van der Waals surface area contributed by atoms with Gasteiger partial charge in [0.05, 0.1) is 31.1 Å². The van der Waals surface area contributed by atoms with Crippen LogP contribution >= 0.6 is 11.6 Å². The zero-order valence-corrected chi connectivity index (χ0v) is 23.5. The van der Waals surface area contributed by atoms with Crippen molar-refractivity contribution in [1.29, 1.82) is 0 Å². The Bertz CT molecular complexity index is 1580. The number of amides is 2. The van der Waals surface area contributed by atoms with Crippen LogP contribution in [-0.2, 0) is 9.59 Å². The number of hydrogen-bond donors (Lipinski definition) is 3. The molecular formula is C30H29ClFN5O5. The fourth-order valence-electron chi connectivity index (χ4n) is 4.51. The third-order valence-corrected chi connectivity index (χ3v) is 6.94. The molecule has 12 heteroatoms. The fourth-order valence-corrected chi connectivity index (χ4v) is 4.71. The second kappa shape index (κ2) is 13.5. The van der Waals surface area contributed by atoms with Crippen LogP contribution in [0.15, 0.2) is 60.9 Å². The summed E-state index contributed by atoms with van der Waals surface area (Å²) in [5.41, 5.74) is 1.30. The van der Waals surface area contributed by atoms with Gasteiger partial charge in [-0.25, -0.2) is 9.37 Å². The van der Waals surface area contributed by atoms with Gasteiger partial charge in [-0.1, -0.05) is 11.6 Å². The lowest BCUT2D eigenvalue weighted by Gasteiger charge is -2.23. The standard InChI is InChI=1S/C30H29ClFN5O5/c1-40-26-13-22-24(14-27(26)41-17-18-6-9-33-10-7-18)34-11-8-25(22)42-30-23(31)12-21(16-35-30)37-29(39)15-28(38)36-20-4-2-19(32)3-5-20/h2-5,8,11-14,16,18,33H,6-7,9-10,15,17H2,1H3,(H,36,38)(H,37,39). The van der Waals surface area contributed by atoms with E-state index in [1.807, 2.05) is 6.07 Å². The molecule has 10 nitrogen and oxygen atoms in total. The molecule has 3 N–H and O–H groups in total. The quantitative estimate of drug-likeness (QED) is 0.204. The van der Waals surface area contributed by atoms with Gasteiger partial charge in [0.1, 0.15) is 23.0 Å². The van der Waals surface area contributed by atoms with Crippen molar-refractivity contribution in [2.24, 2.45) is 5.92 Å². The lowest BCUT2D eigenvalue weighted by molar-refractivity contribution is -0.123. The molecule has 0 spiro atoms. The molecule has 5 rings (SSSR count). The van der Waals surface area contributed by atoms with Crippen molar-refractivity contribution in [1.82, 2.24) is 15.3 Å². The zero-order chi connectivity index (χ0) is 29.5. The lowest BCUT2D eigenvalue weighted by atomic mass is 9.99. The van der Waals surface area contributed by atoms with E-state index in [0.29, 0.717) is 46.4 Å². The molecule has 42 heavy (non-hydrogen) atoms. The van der Waals surface area contributed by atoms with E-state index < -0.39 is 24.1 Å². The van der Waals surface area contributed by atoms with E-state index in [2.05, 4.69) is 25.9 Å². The van der Waals surface area contributed by atoms with Gasteiger partial charge in [0.2, 0.25) is 17.7 Å². The van der Waals surface area contributed by atoms with Gasteiger partial charge in [0, 0.05) is 23.3 Å². The molecule has 2 amide bonds. The molecular weight excluding hydrogens is 565 g/mol. The highest BCUT2D eigenvalue weighted by Gasteiger charge is 2.18. The van der Waals surface area contributed by atoms with E-state index in [0.717, 1.165) is 25.9 Å². The topological polar surface area (TPSA) is 124 Å². The van der Waals surface area contributed by atoms with Crippen LogP contribution in [-0.4, -0.2) is 48.6 Å². The van der Waals surface area contributed by atoms with Gasteiger partial charge in [0.25, 0.3) is 0 Å². The maximum Gasteiger partial charge on any atom is 0.238 e. The third-order valence-electron chi connectivity index (χ3n) is 6.67. The summed E-state index contributed by atoms with van der Waals surface area (Å²) in [5, 5.41) is 9.28. The van der Waals surface area contributed by atoms with Crippen molar-refractivity contribution in [3.8, 4) is 23.1 Å². The molecule has 218 valence electrons. The Labute approximate surface area is 246 Å². The largest absolute Gasteiger partial charge is 0.493 e. The highest BCUT2D eigenvalue weighted by atomic mass is 35.5. The Kier molecular flexibility index (Phi) is 9.30. The maximum atomic E-state index is 13.0. The van der Waals surface area contributed by atoms with Gasteiger partial charge in [0.15, 0.2) is 11.5 Å². The number of ether oxygens (including phenoxy) is 3. The molecule has 1 saturated heterocycles. The first kappa shape index (κ1) is 29.0. The van der Waals surface area contributed by atoms with Crippen molar-refractivity contribution < 1.29 is 28.2 Å². The summed E-state index contributed by atoms with van der Waals surface area (Å²) in [6.45, 7) is 2.58. The highest BCUT2D eigenvalue weighted by molar-refractivity contribution is 6.32. The third kappa shape index (κ3) is 7.42. The minimum Gasteiger partial charge on any atom is -0.493 e. The Morgan fingerprint density at radius 1 is 0.976 bits per heavy atom. The first-order valence-electron chi connectivity index (χ1n) is 13.4. The van der Waals surface area contributed by atoms with Crippen LogP contribution in [0.2, 0.25) is 5.02 Å². The average Bonchev–Trinajstić information content (AvgIpc) is 2.98. The van der Waals surface area contributed by atoms with Crippen molar-refractivity contribution in [3.63, 3.8) is 0 Å². The van der Waals surface area contributed by atoms with E-state index in [-0.39, 0.29) is 16.6 Å². The van der Waals surface area contributed by atoms with E-state index in [1.165, 1.54) is 36.5 Å². The molecule has 0 aliphatic carbocycles. The summed E-state index contributed by atoms with van der Waals surface area (Å²) in [6, 6.07) is 12.0. The molecule has 2 aromatic heterocycles. The smallest absolute Gasteiger partial charge is 0.238 e. The van der Waals surface area contributed by atoms with Gasteiger partial charge in [-0.15, -0.1) is 0 Å². The molecule has 0 unspecified atom stereocenters. The summed E-state index contributed by atoms with van der Waals surface area (Å²) >= 11 is 6.43. The average molecular weight is 594 g/mol. The molecule has 0 atom stereocenters. The SMILES string of the molecule is COc1cc2c(Oc3ncc(NC(=O)CC(=O)Nc4ccc(F)cc4)cc3Cl)ccnc2cc1OCC1CCNCC1. The molecule has 4 aromatic rings. The summed E-state index contributed by atoms with van der Waals surface area (Å²) in [7, 11) is 1.58. The normalized spacial score (nSPS) is 13.4. The van der Waals surface area contributed by atoms with Crippen LogP contribution in [0.5, 0.6) is 23.1 Å². The highest BCUT2D eigenvalue weighted by Crippen LogP contribution is 2.38. The second-order valence-corrected chi connectivity index (χ2v) is 10.1. The number of halogens is 2. The number of piperidine rings is 1. The summed E-state index contributed by atoms with van der Waals surface area (Å²) in [4.78, 5) is 33.2. The molecule has 0 radical (unpaired) electrons. The van der Waals surface area contributed by atoms with Crippen molar-refractivity contribution >= 4 is 45.7 Å². The molecule has 1 fully saturated rings.